The molecule has 5 rings (SSSR count). The molecule has 3 heterocycles. The molecule has 1 aliphatic rings. The SMILES string of the molecule is O=c1[nH]c2ccc(O)c(-c3ccc(S(=O)(=O)N4CCC(Br)C4)cc3)c2c2ccsc12. The Morgan fingerprint density at radius 2 is 1.90 bits per heavy atom. The molecule has 6 nitrogen and oxygen atoms in total. The average molecular weight is 505 g/mol. The molecule has 9 heteroatoms. The van der Waals surface area contributed by atoms with Crippen molar-refractivity contribution in [1.82, 2.24) is 9.29 Å². The molecular formula is C21H17BrN2O4S2. The van der Waals surface area contributed by atoms with Crippen molar-refractivity contribution in [1.29, 1.82) is 0 Å². The Morgan fingerprint density at radius 3 is 2.60 bits per heavy atom. The molecule has 0 aliphatic carbocycles. The Labute approximate surface area is 185 Å². The Morgan fingerprint density at radius 1 is 1.13 bits per heavy atom. The second-order valence-corrected chi connectivity index (χ2v) is 11.4. The summed E-state index contributed by atoms with van der Waals surface area (Å²) in [6, 6.07) is 11.6. The fraction of sp³-hybridized carbons (Fsp3) is 0.190. The molecule has 0 amide bonds. The molecule has 4 aromatic rings. The van der Waals surface area contributed by atoms with E-state index in [1.165, 1.54) is 21.7 Å². The van der Waals surface area contributed by atoms with Gasteiger partial charge < -0.3 is 10.1 Å². The zero-order valence-electron chi connectivity index (χ0n) is 15.6. The highest BCUT2D eigenvalue weighted by atomic mass is 79.9. The monoisotopic (exact) mass is 504 g/mol. The van der Waals surface area contributed by atoms with Crippen LogP contribution in [0.5, 0.6) is 5.75 Å². The molecule has 1 saturated heterocycles. The second kappa shape index (κ2) is 7.19. The van der Waals surface area contributed by atoms with E-state index in [0.717, 1.165) is 17.2 Å². The third kappa shape index (κ3) is 3.08. The number of aromatic hydroxyl groups is 1. The topological polar surface area (TPSA) is 90.5 Å². The van der Waals surface area contributed by atoms with Gasteiger partial charge in [0.25, 0.3) is 5.56 Å². The molecule has 1 fully saturated rings. The number of sulfonamides is 1. The second-order valence-electron chi connectivity index (χ2n) is 7.27. The van der Waals surface area contributed by atoms with Crippen molar-refractivity contribution in [3.63, 3.8) is 0 Å². The van der Waals surface area contributed by atoms with Crippen LogP contribution in [0.25, 0.3) is 32.1 Å². The largest absolute Gasteiger partial charge is 0.507 e. The van der Waals surface area contributed by atoms with E-state index >= 15 is 0 Å². The third-order valence-corrected chi connectivity index (χ3v) is 8.99. The molecule has 1 aliphatic heterocycles. The lowest BCUT2D eigenvalue weighted by Gasteiger charge is -2.16. The van der Waals surface area contributed by atoms with Gasteiger partial charge in [-0.1, -0.05) is 28.1 Å². The highest BCUT2D eigenvalue weighted by Crippen LogP contribution is 2.40. The molecule has 1 unspecified atom stereocenters. The van der Waals surface area contributed by atoms with E-state index < -0.39 is 10.0 Å². The van der Waals surface area contributed by atoms with Crippen molar-refractivity contribution >= 4 is 58.3 Å². The van der Waals surface area contributed by atoms with Gasteiger partial charge in [-0.2, -0.15) is 4.31 Å². The summed E-state index contributed by atoms with van der Waals surface area (Å²) in [4.78, 5) is 15.6. The van der Waals surface area contributed by atoms with Gasteiger partial charge in [0, 0.05) is 39.8 Å². The van der Waals surface area contributed by atoms with E-state index in [-0.39, 0.29) is 21.0 Å². The summed E-state index contributed by atoms with van der Waals surface area (Å²) >= 11 is 4.82. The molecule has 154 valence electrons. The number of nitrogens with one attached hydrogen (secondary N) is 1. The van der Waals surface area contributed by atoms with Crippen LogP contribution in [-0.2, 0) is 10.0 Å². The summed E-state index contributed by atoms with van der Waals surface area (Å²) in [5.74, 6) is 0.0688. The van der Waals surface area contributed by atoms with Gasteiger partial charge in [0.15, 0.2) is 0 Å². The first kappa shape index (κ1) is 19.7. The number of H-pyrrole nitrogens is 1. The number of nitrogens with zero attached hydrogens (tertiary/aromatic N) is 1. The smallest absolute Gasteiger partial charge is 0.266 e. The zero-order valence-corrected chi connectivity index (χ0v) is 18.9. The normalized spacial score (nSPS) is 17.8. The first-order chi connectivity index (χ1) is 14.4. The highest BCUT2D eigenvalue weighted by Gasteiger charge is 2.31. The minimum absolute atomic E-state index is 0.0688. The minimum Gasteiger partial charge on any atom is -0.507 e. The maximum Gasteiger partial charge on any atom is 0.266 e. The Balaban J connectivity index is 1.66. The van der Waals surface area contributed by atoms with E-state index in [4.69, 9.17) is 0 Å². The number of hydrogen-bond donors (Lipinski definition) is 2. The maximum atomic E-state index is 12.9. The van der Waals surface area contributed by atoms with E-state index in [0.29, 0.717) is 34.4 Å². The summed E-state index contributed by atoms with van der Waals surface area (Å²) in [5, 5.41) is 14.0. The maximum absolute atomic E-state index is 12.9. The van der Waals surface area contributed by atoms with Crippen LogP contribution in [0.4, 0.5) is 0 Å². The molecule has 1 atom stereocenters. The minimum atomic E-state index is -3.56. The lowest BCUT2D eigenvalue weighted by molar-refractivity contribution is 0.478. The predicted molar refractivity (Wildman–Crippen MR) is 123 cm³/mol. The first-order valence-corrected chi connectivity index (χ1v) is 12.6. The number of benzene rings is 2. The zero-order chi connectivity index (χ0) is 21.0. The van der Waals surface area contributed by atoms with Gasteiger partial charge in [-0.15, -0.1) is 11.3 Å². The van der Waals surface area contributed by atoms with Crippen LogP contribution in [0.15, 0.2) is 57.5 Å². The van der Waals surface area contributed by atoms with Crippen LogP contribution in [0, 0.1) is 0 Å². The molecule has 30 heavy (non-hydrogen) atoms. The van der Waals surface area contributed by atoms with Crippen molar-refractivity contribution in [3.8, 4) is 16.9 Å². The molecule has 2 N–H and O–H groups in total. The van der Waals surface area contributed by atoms with Crippen LogP contribution < -0.4 is 5.56 Å². The van der Waals surface area contributed by atoms with Crippen molar-refractivity contribution in [3.05, 3.63) is 58.2 Å². The predicted octanol–water partition coefficient (Wildman–Crippen LogP) is 4.27. The van der Waals surface area contributed by atoms with Gasteiger partial charge in [0.1, 0.15) is 10.4 Å². The Kier molecular flexibility index (Phi) is 4.73. The van der Waals surface area contributed by atoms with Gasteiger partial charge in [0.05, 0.1) is 4.90 Å². The van der Waals surface area contributed by atoms with Crippen LogP contribution in [0.1, 0.15) is 6.42 Å². The average Bonchev–Trinajstić information content (AvgIpc) is 3.39. The van der Waals surface area contributed by atoms with Gasteiger partial charge in [-0.3, -0.25) is 4.79 Å². The molecule has 0 radical (unpaired) electrons. The van der Waals surface area contributed by atoms with Crippen LogP contribution in [0.2, 0.25) is 0 Å². The lowest BCUT2D eigenvalue weighted by Crippen LogP contribution is -2.28. The van der Waals surface area contributed by atoms with E-state index in [1.807, 2.05) is 11.4 Å². The number of thiophene rings is 1. The number of pyridine rings is 1. The summed E-state index contributed by atoms with van der Waals surface area (Å²) in [6.45, 7) is 0.950. The van der Waals surface area contributed by atoms with Gasteiger partial charge >= 0.3 is 0 Å². The quantitative estimate of drug-likeness (QED) is 0.407. The van der Waals surface area contributed by atoms with E-state index in [1.54, 1.807) is 30.3 Å². The number of rotatable bonds is 3. The molecule has 0 saturated carbocycles. The van der Waals surface area contributed by atoms with Crippen molar-refractivity contribution in [2.75, 3.05) is 13.1 Å². The number of hydrogen-bond acceptors (Lipinski definition) is 5. The molecule has 0 spiro atoms. The van der Waals surface area contributed by atoms with Crippen molar-refractivity contribution < 1.29 is 13.5 Å². The fourth-order valence-corrected chi connectivity index (χ4v) is 7.02. The van der Waals surface area contributed by atoms with Crippen LogP contribution >= 0.6 is 27.3 Å². The number of aromatic amines is 1. The van der Waals surface area contributed by atoms with E-state index in [2.05, 4.69) is 20.9 Å². The Bertz CT molecular complexity index is 1440. The summed E-state index contributed by atoms with van der Waals surface area (Å²) in [5.41, 5.74) is 1.70. The van der Waals surface area contributed by atoms with Crippen molar-refractivity contribution in [2.45, 2.75) is 16.1 Å². The summed E-state index contributed by atoms with van der Waals surface area (Å²) < 4.78 is 27.9. The van der Waals surface area contributed by atoms with Crippen LogP contribution in [0.3, 0.4) is 0 Å². The molecule has 0 bridgehead atoms. The first-order valence-electron chi connectivity index (χ1n) is 9.36. The number of fused-ring (bicyclic) bond motifs is 3. The number of halogens is 1. The van der Waals surface area contributed by atoms with Gasteiger partial charge in [-0.05, 0) is 47.7 Å². The highest BCUT2D eigenvalue weighted by molar-refractivity contribution is 9.09. The third-order valence-electron chi connectivity index (χ3n) is 5.45. The van der Waals surface area contributed by atoms with Crippen LogP contribution in [-0.4, -0.2) is 40.7 Å². The summed E-state index contributed by atoms with van der Waals surface area (Å²) in [7, 11) is -3.56. The van der Waals surface area contributed by atoms with Crippen molar-refractivity contribution in [2.24, 2.45) is 0 Å². The molecule has 2 aromatic heterocycles. The summed E-state index contributed by atoms with van der Waals surface area (Å²) in [6.07, 6.45) is 0.788. The molecular weight excluding hydrogens is 488 g/mol. The van der Waals surface area contributed by atoms with Gasteiger partial charge in [-0.25, -0.2) is 8.42 Å². The lowest BCUT2D eigenvalue weighted by atomic mass is 9.97. The molecule has 2 aromatic carbocycles. The number of alkyl halides is 1. The number of phenols is 1. The number of aromatic nitrogens is 1. The number of phenolic OH excluding ortho intramolecular Hbond substituents is 1. The van der Waals surface area contributed by atoms with Gasteiger partial charge in [0.2, 0.25) is 10.0 Å². The Hall–Kier alpha value is -2.20. The standard InChI is InChI=1S/C21H17BrN2O4S2/c22-13-7-9-24(11-13)30(27,28)14-3-1-12(2-4-14)18-17(25)6-5-16-19(18)15-8-10-29-20(15)21(26)23-16/h1-6,8,10,13,25H,7,9,11H2,(H,23,26). The fourth-order valence-electron chi connectivity index (χ4n) is 3.98. The van der Waals surface area contributed by atoms with E-state index in [9.17, 15) is 18.3 Å².